The molecular formula is C20H29NO5S. The number of carbonyl (C=O) groups excluding carboxylic acids is 2. The van der Waals surface area contributed by atoms with Gasteiger partial charge in [-0.1, -0.05) is 27.2 Å². The minimum Gasteiger partial charge on any atom is -0.455 e. The molecule has 1 aliphatic carbocycles. The number of ketones is 1. The molecule has 1 aromatic heterocycles. The molecule has 150 valence electrons. The number of carbonyl (C=O) groups is 2. The van der Waals surface area contributed by atoms with Crippen molar-refractivity contribution in [3.8, 4) is 0 Å². The fourth-order valence-corrected chi connectivity index (χ4v) is 5.95. The molecule has 0 spiro atoms. The van der Waals surface area contributed by atoms with Crippen LogP contribution in [0.15, 0.2) is 4.42 Å². The Morgan fingerprint density at radius 1 is 1.30 bits per heavy atom. The Bertz CT molecular complexity index is 865. The monoisotopic (exact) mass is 395 g/mol. The predicted molar refractivity (Wildman–Crippen MR) is 103 cm³/mol. The van der Waals surface area contributed by atoms with Crippen molar-refractivity contribution < 1.29 is 22.4 Å². The van der Waals surface area contributed by atoms with Gasteiger partial charge < -0.3 is 9.32 Å². The third-order valence-electron chi connectivity index (χ3n) is 5.63. The van der Waals surface area contributed by atoms with Gasteiger partial charge in [0.15, 0.2) is 21.4 Å². The Kier molecular flexibility index (Phi) is 5.27. The van der Waals surface area contributed by atoms with Gasteiger partial charge in [0.25, 0.3) is 5.91 Å². The number of Topliss-reactive ketones (excluding diaryl/α,β-unsaturated/α-hetero) is 1. The van der Waals surface area contributed by atoms with E-state index >= 15 is 0 Å². The van der Waals surface area contributed by atoms with Gasteiger partial charge in [0.2, 0.25) is 0 Å². The summed E-state index contributed by atoms with van der Waals surface area (Å²) in [5.41, 5.74) is 0.959. The van der Waals surface area contributed by atoms with Gasteiger partial charge in [0.1, 0.15) is 5.76 Å². The van der Waals surface area contributed by atoms with Crippen molar-refractivity contribution in [1.82, 2.24) is 4.90 Å². The number of unbranched alkanes of at least 4 members (excludes halogenated alkanes) is 1. The Morgan fingerprint density at radius 3 is 2.59 bits per heavy atom. The molecule has 1 aromatic rings. The normalized spacial score (nSPS) is 23.3. The van der Waals surface area contributed by atoms with Crippen molar-refractivity contribution in [3.63, 3.8) is 0 Å². The van der Waals surface area contributed by atoms with E-state index in [1.54, 1.807) is 11.8 Å². The molecule has 27 heavy (non-hydrogen) atoms. The van der Waals surface area contributed by atoms with E-state index in [1.807, 2.05) is 20.8 Å². The minimum absolute atomic E-state index is 0.00782. The third-order valence-corrected chi connectivity index (χ3v) is 7.38. The maximum Gasteiger partial charge on any atom is 0.290 e. The van der Waals surface area contributed by atoms with Gasteiger partial charge in [-0.2, -0.15) is 0 Å². The summed E-state index contributed by atoms with van der Waals surface area (Å²) in [6.45, 7) is 8.33. The molecule has 1 saturated heterocycles. The zero-order valence-electron chi connectivity index (χ0n) is 16.6. The van der Waals surface area contributed by atoms with Crippen LogP contribution in [0.25, 0.3) is 0 Å². The molecule has 1 atom stereocenters. The molecule has 3 rings (SSSR count). The van der Waals surface area contributed by atoms with Crippen LogP contribution in [0.3, 0.4) is 0 Å². The van der Waals surface area contributed by atoms with E-state index in [1.165, 1.54) is 0 Å². The molecule has 0 radical (unpaired) electrons. The molecule has 0 bridgehead atoms. The average Bonchev–Trinajstić information content (AvgIpc) is 3.06. The molecule has 6 nitrogen and oxygen atoms in total. The number of sulfone groups is 1. The van der Waals surface area contributed by atoms with Gasteiger partial charge in [-0.25, -0.2) is 8.42 Å². The summed E-state index contributed by atoms with van der Waals surface area (Å²) in [6, 6.07) is -0.317. The van der Waals surface area contributed by atoms with E-state index in [-0.39, 0.29) is 40.4 Å². The number of hydrogen-bond donors (Lipinski definition) is 0. The molecule has 2 heterocycles. The van der Waals surface area contributed by atoms with E-state index in [9.17, 15) is 18.0 Å². The number of amides is 1. The third kappa shape index (κ3) is 3.98. The van der Waals surface area contributed by atoms with Gasteiger partial charge >= 0.3 is 0 Å². The highest BCUT2D eigenvalue weighted by atomic mass is 32.2. The van der Waals surface area contributed by atoms with Crippen LogP contribution in [0.1, 0.15) is 78.7 Å². The lowest BCUT2D eigenvalue weighted by Gasteiger charge is -2.27. The highest BCUT2D eigenvalue weighted by Gasteiger charge is 2.40. The van der Waals surface area contributed by atoms with E-state index in [0.717, 1.165) is 12.8 Å². The van der Waals surface area contributed by atoms with Crippen LogP contribution in [0, 0.1) is 12.3 Å². The highest BCUT2D eigenvalue weighted by Crippen LogP contribution is 2.39. The van der Waals surface area contributed by atoms with Crippen LogP contribution in [0.4, 0.5) is 0 Å². The quantitative estimate of drug-likeness (QED) is 0.764. The number of furan rings is 1. The molecule has 2 aliphatic rings. The molecular weight excluding hydrogens is 366 g/mol. The topological polar surface area (TPSA) is 84.7 Å². The van der Waals surface area contributed by atoms with Crippen molar-refractivity contribution in [2.24, 2.45) is 5.41 Å². The van der Waals surface area contributed by atoms with E-state index in [4.69, 9.17) is 4.42 Å². The first-order valence-corrected chi connectivity index (χ1v) is 11.5. The lowest BCUT2D eigenvalue weighted by Crippen LogP contribution is -2.42. The zero-order valence-corrected chi connectivity index (χ0v) is 17.4. The van der Waals surface area contributed by atoms with Gasteiger partial charge in [-0.05, 0) is 25.2 Å². The Morgan fingerprint density at radius 2 is 2.00 bits per heavy atom. The van der Waals surface area contributed by atoms with Gasteiger partial charge in [-0.15, -0.1) is 0 Å². The standard InChI is InChI=1S/C20H29NO5S/c1-5-6-8-21(14-7-9-27(24,25)12-14)19(23)18-13(2)17-15(22)10-20(3,4)11-16(17)26-18/h14H,5-12H2,1-4H3. The largest absolute Gasteiger partial charge is 0.455 e. The fraction of sp³-hybridized carbons (Fsp3) is 0.700. The molecule has 0 N–H and O–H groups in total. The van der Waals surface area contributed by atoms with Gasteiger partial charge in [-0.3, -0.25) is 9.59 Å². The fourth-order valence-electron chi connectivity index (χ4n) is 4.22. The van der Waals surface area contributed by atoms with Crippen LogP contribution in [-0.4, -0.2) is 49.1 Å². The first-order chi connectivity index (χ1) is 12.5. The van der Waals surface area contributed by atoms with Crippen LogP contribution in [-0.2, 0) is 16.3 Å². The lowest BCUT2D eigenvalue weighted by molar-refractivity contribution is 0.0655. The van der Waals surface area contributed by atoms with E-state index in [0.29, 0.717) is 42.7 Å². The smallest absolute Gasteiger partial charge is 0.290 e. The summed E-state index contributed by atoms with van der Waals surface area (Å²) in [5.74, 6) is 0.646. The zero-order chi connectivity index (χ0) is 20.0. The van der Waals surface area contributed by atoms with Gasteiger partial charge in [0, 0.05) is 31.0 Å². The molecule has 1 amide bonds. The number of hydrogen-bond acceptors (Lipinski definition) is 5. The number of rotatable bonds is 5. The summed E-state index contributed by atoms with van der Waals surface area (Å²) in [6.07, 6.45) is 3.23. The molecule has 0 saturated carbocycles. The maximum absolute atomic E-state index is 13.3. The minimum atomic E-state index is -3.10. The van der Waals surface area contributed by atoms with Crippen LogP contribution in [0.5, 0.6) is 0 Å². The highest BCUT2D eigenvalue weighted by molar-refractivity contribution is 7.91. The second-order valence-electron chi connectivity index (χ2n) is 8.70. The lowest BCUT2D eigenvalue weighted by atomic mass is 9.76. The van der Waals surface area contributed by atoms with E-state index in [2.05, 4.69) is 0 Å². The molecule has 0 aromatic carbocycles. The summed E-state index contributed by atoms with van der Waals surface area (Å²) in [5, 5.41) is 0. The Hall–Kier alpha value is -1.63. The number of fused-ring (bicyclic) bond motifs is 1. The summed E-state index contributed by atoms with van der Waals surface area (Å²) < 4.78 is 29.7. The molecule has 7 heteroatoms. The first-order valence-electron chi connectivity index (χ1n) is 9.71. The van der Waals surface area contributed by atoms with Crippen molar-refractivity contribution >= 4 is 21.5 Å². The molecule has 1 unspecified atom stereocenters. The maximum atomic E-state index is 13.3. The molecule has 1 aliphatic heterocycles. The van der Waals surface area contributed by atoms with Gasteiger partial charge in [0.05, 0.1) is 17.1 Å². The Balaban J connectivity index is 1.94. The second kappa shape index (κ2) is 7.08. The molecule has 1 fully saturated rings. The van der Waals surface area contributed by atoms with Crippen LogP contribution >= 0.6 is 0 Å². The summed E-state index contributed by atoms with van der Waals surface area (Å²) >= 11 is 0. The second-order valence-corrected chi connectivity index (χ2v) is 10.9. The van der Waals surface area contributed by atoms with Crippen molar-refractivity contribution in [2.75, 3.05) is 18.1 Å². The SMILES string of the molecule is CCCCN(C(=O)c1oc2c(c1C)C(=O)CC(C)(C)C2)C1CCS(=O)(=O)C1. The van der Waals surface area contributed by atoms with Crippen LogP contribution < -0.4 is 0 Å². The summed E-state index contributed by atoms with van der Waals surface area (Å²) in [7, 11) is -3.10. The Labute approximate surface area is 161 Å². The van der Waals surface area contributed by atoms with Crippen molar-refractivity contribution in [2.45, 2.75) is 65.8 Å². The average molecular weight is 396 g/mol. The van der Waals surface area contributed by atoms with Crippen molar-refractivity contribution in [3.05, 3.63) is 22.6 Å². The van der Waals surface area contributed by atoms with Crippen molar-refractivity contribution in [1.29, 1.82) is 0 Å². The van der Waals surface area contributed by atoms with E-state index < -0.39 is 9.84 Å². The summed E-state index contributed by atoms with van der Waals surface area (Å²) in [4.78, 5) is 27.5. The first kappa shape index (κ1) is 20.1. The van der Waals surface area contributed by atoms with Crippen LogP contribution in [0.2, 0.25) is 0 Å². The number of nitrogens with zero attached hydrogens (tertiary/aromatic N) is 1. The predicted octanol–water partition coefficient (Wildman–Crippen LogP) is 3.17.